The summed E-state index contributed by atoms with van der Waals surface area (Å²) in [4.78, 5) is 11.6. The summed E-state index contributed by atoms with van der Waals surface area (Å²) < 4.78 is 5.13. The van der Waals surface area contributed by atoms with Crippen molar-refractivity contribution in [1.82, 2.24) is 0 Å². The van der Waals surface area contributed by atoms with Crippen molar-refractivity contribution < 1.29 is 14.6 Å². The van der Waals surface area contributed by atoms with Gasteiger partial charge in [0, 0.05) is 4.90 Å². The largest absolute Gasteiger partial charge is 0.496 e. The van der Waals surface area contributed by atoms with E-state index in [1.165, 1.54) is 11.8 Å². The van der Waals surface area contributed by atoms with Crippen LogP contribution in [0.4, 0.5) is 0 Å². The van der Waals surface area contributed by atoms with Crippen LogP contribution in [0, 0.1) is 6.92 Å². The predicted octanol–water partition coefficient (Wildman–Crippen LogP) is 2.57. The Balaban J connectivity index is 2.79. The third kappa shape index (κ3) is 3.16. The van der Waals surface area contributed by atoms with Crippen molar-refractivity contribution in [3.63, 3.8) is 0 Å². The molecule has 0 saturated heterocycles. The van der Waals surface area contributed by atoms with Gasteiger partial charge in [0.25, 0.3) is 0 Å². The van der Waals surface area contributed by atoms with Crippen LogP contribution in [0.3, 0.4) is 0 Å². The molecule has 1 atom stereocenters. The van der Waals surface area contributed by atoms with Gasteiger partial charge in [-0.3, -0.25) is 4.79 Å². The highest BCUT2D eigenvalue weighted by molar-refractivity contribution is 8.00. The van der Waals surface area contributed by atoms with Gasteiger partial charge in [-0.2, -0.15) is 0 Å². The van der Waals surface area contributed by atoms with E-state index in [0.29, 0.717) is 0 Å². The lowest BCUT2D eigenvalue weighted by molar-refractivity contribution is -0.136. The first-order valence-electron chi connectivity index (χ1n) is 4.58. The van der Waals surface area contributed by atoms with Crippen molar-refractivity contribution >= 4 is 17.7 Å². The number of benzene rings is 1. The van der Waals surface area contributed by atoms with Crippen LogP contribution in [0.1, 0.15) is 12.5 Å². The summed E-state index contributed by atoms with van der Waals surface area (Å²) in [5, 5.41) is 8.34. The number of carbonyl (C=O) groups is 1. The molecule has 1 rings (SSSR count). The first-order chi connectivity index (χ1) is 7.04. The third-order valence-electron chi connectivity index (χ3n) is 2.03. The molecule has 0 aliphatic carbocycles. The van der Waals surface area contributed by atoms with E-state index in [-0.39, 0.29) is 0 Å². The van der Waals surface area contributed by atoms with Crippen molar-refractivity contribution in [3.8, 4) is 5.75 Å². The molecular formula is C11H14O3S. The normalized spacial score (nSPS) is 12.2. The highest BCUT2D eigenvalue weighted by atomic mass is 32.2. The first-order valence-corrected chi connectivity index (χ1v) is 5.46. The van der Waals surface area contributed by atoms with Gasteiger partial charge in [-0.1, -0.05) is 0 Å². The maximum atomic E-state index is 10.7. The molecule has 0 amide bonds. The lowest BCUT2D eigenvalue weighted by Gasteiger charge is -2.09. The van der Waals surface area contributed by atoms with Gasteiger partial charge >= 0.3 is 5.97 Å². The number of rotatable bonds is 4. The monoisotopic (exact) mass is 226 g/mol. The average Bonchev–Trinajstić information content (AvgIpc) is 2.18. The minimum absolute atomic E-state index is 0.433. The van der Waals surface area contributed by atoms with Crippen LogP contribution in [0.2, 0.25) is 0 Å². The number of aryl methyl sites for hydroxylation is 1. The Kier molecular flexibility index (Phi) is 4.03. The van der Waals surface area contributed by atoms with Crippen LogP contribution >= 0.6 is 11.8 Å². The summed E-state index contributed by atoms with van der Waals surface area (Å²) in [6.07, 6.45) is 0. The lowest BCUT2D eigenvalue weighted by Crippen LogP contribution is -2.10. The Bertz CT molecular complexity index is 363. The zero-order valence-corrected chi connectivity index (χ0v) is 9.80. The van der Waals surface area contributed by atoms with Gasteiger partial charge in [-0.25, -0.2) is 0 Å². The standard InChI is InChI=1S/C11H14O3S/c1-7-6-9(4-5-10(7)14-3)15-8(2)11(12)13/h4-6,8H,1-3H3,(H,12,13). The SMILES string of the molecule is COc1ccc(SC(C)C(=O)O)cc1C. The summed E-state index contributed by atoms with van der Waals surface area (Å²) in [5.41, 5.74) is 1.01. The Morgan fingerprint density at radius 2 is 2.20 bits per heavy atom. The van der Waals surface area contributed by atoms with E-state index in [1.54, 1.807) is 14.0 Å². The van der Waals surface area contributed by atoms with Gasteiger partial charge in [-0.05, 0) is 37.6 Å². The zero-order chi connectivity index (χ0) is 11.4. The maximum absolute atomic E-state index is 10.7. The lowest BCUT2D eigenvalue weighted by atomic mass is 10.2. The summed E-state index contributed by atoms with van der Waals surface area (Å²) in [5.74, 6) is 0.0239. The van der Waals surface area contributed by atoms with E-state index in [4.69, 9.17) is 9.84 Å². The molecule has 1 unspecified atom stereocenters. The summed E-state index contributed by atoms with van der Waals surface area (Å²) >= 11 is 1.33. The highest BCUT2D eigenvalue weighted by Gasteiger charge is 2.12. The topological polar surface area (TPSA) is 46.5 Å². The summed E-state index contributed by atoms with van der Waals surface area (Å²) in [6, 6.07) is 5.66. The minimum atomic E-state index is -0.798. The number of carboxylic acid groups (broad SMARTS) is 1. The van der Waals surface area contributed by atoms with Crippen molar-refractivity contribution in [3.05, 3.63) is 23.8 Å². The summed E-state index contributed by atoms with van der Waals surface area (Å²) in [6.45, 7) is 3.61. The second-order valence-corrected chi connectivity index (χ2v) is 4.64. The number of hydrogen-bond acceptors (Lipinski definition) is 3. The molecule has 4 heteroatoms. The number of hydrogen-bond donors (Lipinski definition) is 1. The van der Waals surface area contributed by atoms with Gasteiger partial charge in [0.05, 0.1) is 7.11 Å². The Labute approximate surface area is 93.4 Å². The van der Waals surface area contributed by atoms with Gasteiger partial charge < -0.3 is 9.84 Å². The average molecular weight is 226 g/mol. The van der Waals surface area contributed by atoms with E-state index in [0.717, 1.165) is 16.2 Å². The smallest absolute Gasteiger partial charge is 0.316 e. The fourth-order valence-electron chi connectivity index (χ4n) is 1.18. The fourth-order valence-corrected chi connectivity index (χ4v) is 2.08. The molecule has 1 aromatic carbocycles. The van der Waals surface area contributed by atoms with Gasteiger partial charge in [0.2, 0.25) is 0 Å². The Morgan fingerprint density at radius 1 is 1.53 bits per heavy atom. The van der Waals surface area contributed by atoms with E-state index >= 15 is 0 Å². The molecule has 82 valence electrons. The third-order valence-corrected chi connectivity index (χ3v) is 3.11. The quantitative estimate of drug-likeness (QED) is 0.801. The molecule has 15 heavy (non-hydrogen) atoms. The van der Waals surface area contributed by atoms with Gasteiger partial charge in [0.1, 0.15) is 11.0 Å². The molecule has 0 radical (unpaired) electrons. The molecular weight excluding hydrogens is 212 g/mol. The van der Waals surface area contributed by atoms with E-state index in [9.17, 15) is 4.79 Å². The first kappa shape index (κ1) is 11.9. The molecule has 0 aliphatic rings. The van der Waals surface area contributed by atoms with Crippen LogP contribution in [0.25, 0.3) is 0 Å². The fraction of sp³-hybridized carbons (Fsp3) is 0.364. The molecule has 0 fully saturated rings. The number of carboxylic acids is 1. The predicted molar refractivity (Wildman–Crippen MR) is 60.7 cm³/mol. The van der Waals surface area contributed by atoms with Crippen LogP contribution in [-0.2, 0) is 4.79 Å². The molecule has 1 aromatic rings. The van der Waals surface area contributed by atoms with Crippen molar-refractivity contribution in [2.24, 2.45) is 0 Å². The Hall–Kier alpha value is -1.16. The highest BCUT2D eigenvalue weighted by Crippen LogP contribution is 2.28. The van der Waals surface area contributed by atoms with Crippen LogP contribution in [-0.4, -0.2) is 23.4 Å². The Morgan fingerprint density at radius 3 is 2.67 bits per heavy atom. The van der Waals surface area contributed by atoms with E-state index in [1.807, 2.05) is 25.1 Å². The number of thioether (sulfide) groups is 1. The number of methoxy groups -OCH3 is 1. The molecule has 1 N–H and O–H groups in total. The zero-order valence-electron chi connectivity index (χ0n) is 8.98. The second kappa shape index (κ2) is 5.07. The number of aliphatic carboxylic acids is 1. The molecule has 0 bridgehead atoms. The molecule has 0 aliphatic heterocycles. The second-order valence-electron chi connectivity index (χ2n) is 3.23. The summed E-state index contributed by atoms with van der Waals surface area (Å²) in [7, 11) is 1.62. The molecule has 0 spiro atoms. The van der Waals surface area contributed by atoms with E-state index in [2.05, 4.69) is 0 Å². The van der Waals surface area contributed by atoms with E-state index < -0.39 is 11.2 Å². The van der Waals surface area contributed by atoms with Crippen molar-refractivity contribution in [1.29, 1.82) is 0 Å². The molecule has 0 saturated carbocycles. The van der Waals surface area contributed by atoms with Gasteiger partial charge in [0.15, 0.2) is 0 Å². The van der Waals surface area contributed by atoms with Crippen LogP contribution in [0.15, 0.2) is 23.1 Å². The molecule has 0 heterocycles. The number of ether oxygens (including phenoxy) is 1. The van der Waals surface area contributed by atoms with Crippen LogP contribution in [0.5, 0.6) is 5.75 Å². The maximum Gasteiger partial charge on any atom is 0.316 e. The van der Waals surface area contributed by atoms with Crippen molar-refractivity contribution in [2.45, 2.75) is 24.0 Å². The molecule has 3 nitrogen and oxygen atoms in total. The van der Waals surface area contributed by atoms with Gasteiger partial charge in [-0.15, -0.1) is 11.8 Å². The minimum Gasteiger partial charge on any atom is -0.496 e. The molecule has 0 aromatic heterocycles. The van der Waals surface area contributed by atoms with Crippen LogP contribution < -0.4 is 4.74 Å². The van der Waals surface area contributed by atoms with Crippen molar-refractivity contribution in [2.75, 3.05) is 7.11 Å².